The number of likely N-dealkylation sites (tertiary alicyclic amines) is 1. The lowest BCUT2D eigenvalue weighted by molar-refractivity contribution is -0.123. The minimum Gasteiger partial charge on any atom is -0.352 e. The van der Waals surface area contributed by atoms with Gasteiger partial charge in [0.05, 0.1) is 6.54 Å². The molecular weight excluding hydrogens is 238 g/mol. The lowest BCUT2D eigenvalue weighted by atomic mass is 9.93. The van der Waals surface area contributed by atoms with Gasteiger partial charge in [0.15, 0.2) is 0 Å². The molecule has 1 rings (SSSR count). The van der Waals surface area contributed by atoms with Gasteiger partial charge in [-0.2, -0.15) is 0 Å². The first kappa shape index (κ1) is 16.4. The summed E-state index contributed by atoms with van der Waals surface area (Å²) in [6, 6.07) is 0.265. The monoisotopic (exact) mass is 269 g/mol. The van der Waals surface area contributed by atoms with Gasteiger partial charge in [0.25, 0.3) is 0 Å². The van der Waals surface area contributed by atoms with Crippen molar-refractivity contribution in [3.8, 4) is 0 Å². The summed E-state index contributed by atoms with van der Waals surface area (Å²) in [7, 11) is 2.01. The molecule has 0 aromatic heterocycles. The van der Waals surface area contributed by atoms with Gasteiger partial charge in [-0.05, 0) is 64.7 Å². The second kappa shape index (κ2) is 8.54. The zero-order valence-electron chi connectivity index (χ0n) is 13.0. The van der Waals surface area contributed by atoms with Gasteiger partial charge in [-0.15, -0.1) is 0 Å². The Balaban J connectivity index is 2.19. The Labute approximate surface area is 118 Å². The van der Waals surface area contributed by atoms with Crippen molar-refractivity contribution in [3.05, 3.63) is 0 Å². The molecule has 1 unspecified atom stereocenters. The number of carbonyl (C=O) groups is 1. The molecule has 0 spiro atoms. The molecule has 2 N–H and O–H groups in total. The standard InChI is InChI=1S/C15H31N3O/c1-12(2)13(3)17-15(19)11-18-9-6-14(7-10-18)5-8-16-4/h12-14,16H,5-11H2,1-4H3,(H,17,19). The van der Waals surface area contributed by atoms with E-state index in [1.165, 1.54) is 19.3 Å². The Morgan fingerprint density at radius 1 is 1.26 bits per heavy atom. The summed E-state index contributed by atoms with van der Waals surface area (Å²) in [5.74, 6) is 1.51. The molecule has 1 amide bonds. The topological polar surface area (TPSA) is 44.4 Å². The first-order chi connectivity index (χ1) is 9.02. The van der Waals surface area contributed by atoms with E-state index in [2.05, 4.69) is 36.3 Å². The van der Waals surface area contributed by atoms with Crippen molar-refractivity contribution in [3.63, 3.8) is 0 Å². The highest BCUT2D eigenvalue weighted by Gasteiger charge is 2.21. The minimum atomic E-state index is 0.176. The van der Waals surface area contributed by atoms with Gasteiger partial charge in [0.1, 0.15) is 0 Å². The summed E-state index contributed by atoms with van der Waals surface area (Å²) < 4.78 is 0. The van der Waals surface area contributed by atoms with E-state index >= 15 is 0 Å². The SMILES string of the molecule is CNCCC1CCN(CC(=O)NC(C)C(C)C)CC1. The number of piperidine rings is 1. The molecule has 1 fully saturated rings. The molecule has 0 aromatic carbocycles. The molecule has 0 saturated carbocycles. The van der Waals surface area contributed by atoms with Crippen molar-refractivity contribution < 1.29 is 4.79 Å². The molecule has 1 heterocycles. The first-order valence-electron chi connectivity index (χ1n) is 7.69. The van der Waals surface area contributed by atoms with Crippen LogP contribution in [0.5, 0.6) is 0 Å². The van der Waals surface area contributed by atoms with E-state index in [4.69, 9.17) is 0 Å². The maximum absolute atomic E-state index is 11.9. The molecule has 0 aliphatic carbocycles. The van der Waals surface area contributed by atoms with Gasteiger partial charge in [-0.3, -0.25) is 9.69 Å². The van der Waals surface area contributed by atoms with Gasteiger partial charge in [0.2, 0.25) is 5.91 Å². The molecule has 1 aliphatic heterocycles. The molecule has 0 aromatic rings. The Morgan fingerprint density at radius 2 is 1.89 bits per heavy atom. The number of carbonyl (C=O) groups excluding carboxylic acids is 1. The zero-order valence-corrected chi connectivity index (χ0v) is 13.0. The highest BCUT2D eigenvalue weighted by atomic mass is 16.2. The number of nitrogens with one attached hydrogen (secondary N) is 2. The Morgan fingerprint density at radius 3 is 2.42 bits per heavy atom. The molecule has 1 atom stereocenters. The van der Waals surface area contributed by atoms with Crippen LogP contribution in [0.4, 0.5) is 0 Å². The van der Waals surface area contributed by atoms with E-state index in [0.717, 1.165) is 25.6 Å². The fourth-order valence-electron chi connectivity index (χ4n) is 2.45. The van der Waals surface area contributed by atoms with Crippen LogP contribution in [0.15, 0.2) is 0 Å². The van der Waals surface area contributed by atoms with Crippen LogP contribution < -0.4 is 10.6 Å². The minimum absolute atomic E-state index is 0.176. The zero-order chi connectivity index (χ0) is 14.3. The third-order valence-corrected chi connectivity index (χ3v) is 4.27. The Bertz CT molecular complexity index is 260. The molecule has 0 radical (unpaired) electrons. The van der Waals surface area contributed by atoms with Crippen LogP contribution in [-0.4, -0.2) is 50.1 Å². The van der Waals surface area contributed by atoms with Crippen molar-refractivity contribution >= 4 is 5.91 Å². The number of nitrogens with zero attached hydrogens (tertiary/aromatic N) is 1. The average Bonchev–Trinajstić information content (AvgIpc) is 2.37. The summed E-state index contributed by atoms with van der Waals surface area (Å²) in [4.78, 5) is 14.2. The van der Waals surface area contributed by atoms with Crippen molar-refractivity contribution in [1.82, 2.24) is 15.5 Å². The van der Waals surface area contributed by atoms with Crippen molar-refractivity contribution in [1.29, 1.82) is 0 Å². The van der Waals surface area contributed by atoms with Gasteiger partial charge in [0, 0.05) is 6.04 Å². The quantitative estimate of drug-likeness (QED) is 0.735. The van der Waals surface area contributed by atoms with E-state index in [1.54, 1.807) is 0 Å². The maximum atomic E-state index is 11.9. The summed E-state index contributed by atoms with van der Waals surface area (Å²) in [5.41, 5.74) is 0. The van der Waals surface area contributed by atoms with Gasteiger partial charge < -0.3 is 10.6 Å². The lowest BCUT2D eigenvalue weighted by Crippen LogP contribution is -2.45. The summed E-state index contributed by atoms with van der Waals surface area (Å²) in [6.07, 6.45) is 3.73. The first-order valence-corrected chi connectivity index (χ1v) is 7.69. The molecular formula is C15H31N3O. The lowest BCUT2D eigenvalue weighted by Gasteiger charge is -2.32. The summed E-state index contributed by atoms with van der Waals surface area (Å²) in [6.45, 7) is 10.2. The van der Waals surface area contributed by atoms with Crippen LogP contribution >= 0.6 is 0 Å². The Hall–Kier alpha value is -0.610. The molecule has 4 heteroatoms. The van der Waals surface area contributed by atoms with Crippen LogP contribution in [-0.2, 0) is 4.79 Å². The Kier molecular flexibility index (Phi) is 7.39. The molecule has 112 valence electrons. The number of hydrogen-bond donors (Lipinski definition) is 2. The van der Waals surface area contributed by atoms with E-state index < -0.39 is 0 Å². The number of rotatable bonds is 7. The molecule has 1 saturated heterocycles. The highest BCUT2D eigenvalue weighted by molar-refractivity contribution is 5.78. The van der Waals surface area contributed by atoms with Crippen LogP contribution in [0.2, 0.25) is 0 Å². The van der Waals surface area contributed by atoms with Crippen LogP contribution in [0.1, 0.15) is 40.0 Å². The van der Waals surface area contributed by atoms with E-state index in [9.17, 15) is 4.79 Å². The number of amides is 1. The normalized spacial score (nSPS) is 19.6. The molecule has 4 nitrogen and oxygen atoms in total. The summed E-state index contributed by atoms with van der Waals surface area (Å²) in [5, 5.41) is 6.29. The van der Waals surface area contributed by atoms with E-state index in [1.807, 2.05) is 7.05 Å². The van der Waals surface area contributed by atoms with Gasteiger partial charge in [-0.25, -0.2) is 0 Å². The fraction of sp³-hybridized carbons (Fsp3) is 0.933. The molecule has 1 aliphatic rings. The van der Waals surface area contributed by atoms with E-state index in [0.29, 0.717) is 12.5 Å². The predicted octanol–water partition coefficient (Wildman–Crippen LogP) is 1.47. The van der Waals surface area contributed by atoms with Crippen LogP contribution in [0.3, 0.4) is 0 Å². The third-order valence-electron chi connectivity index (χ3n) is 4.27. The summed E-state index contributed by atoms with van der Waals surface area (Å²) >= 11 is 0. The molecule has 0 bridgehead atoms. The van der Waals surface area contributed by atoms with Gasteiger partial charge >= 0.3 is 0 Å². The smallest absolute Gasteiger partial charge is 0.234 e. The number of hydrogen-bond acceptors (Lipinski definition) is 3. The highest BCUT2D eigenvalue weighted by Crippen LogP contribution is 2.19. The van der Waals surface area contributed by atoms with Crippen molar-refractivity contribution in [2.75, 3.05) is 33.2 Å². The third kappa shape index (κ3) is 6.39. The molecule has 19 heavy (non-hydrogen) atoms. The second-order valence-corrected chi connectivity index (χ2v) is 6.21. The fourth-order valence-corrected chi connectivity index (χ4v) is 2.45. The predicted molar refractivity (Wildman–Crippen MR) is 80.2 cm³/mol. The van der Waals surface area contributed by atoms with E-state index in [-0.39, 0.29) is 11.9 Å². The van der Waals surface area contributed by atoms with Gasteiger partial charge in [-0.1, -0.05) is 13.8 Å². The van der Waals surface area contributed by atoms with Crippen molar-refractivity contribution in [2.45, 2.75) is 46.1 Å². The largest absolute Gasteiger partial charge is 0.352 e. The second-order valence-electron chi connectivity index (χ2n) is 6.21. The average molecular weight is 269 g/mol. The maximum Gasteiger partial charge on any atom is 0.234 e. The van der Waals surface area contributed by atoms with Crippen LogP contribution in [0.25, 0.3) is 0 Å². The van der Waals surface area contributed by atoms with Crippen molar-refractivity contribution in [2.24, 2.45) is 11.8 Å². The van der Waals surface area contributed by atoms with Crippen LogP contribution in [0, 0.1) is 11.8 Å².